The van der Waals surface area contributed by atoms with Crippen molar-refractivity contribution >= 4 is 43.0 Å². The van der Waals surface area contributed by atoms with Crippen molar-refractivity contribution in [1.82, 2.24) is 30.1 Å². The normalized spacial score (nSPS) is 12.0. The van der Waals surface area contributed by atoms with Gasteiger partial charge in [0.2, 0.25) is 0 Å². The molecule has 9 nitrogen and oxygen atoms in total. The van der Waals surface area contributed by atoms with E-state index in [-0.39, 0.29) is 5.75 Å². The Morgan fingerprint density at radius 3 is 2.59 bits per heavy atom. The fourth-order valence-corrected chi connectivity index (χ4v) is 5.84. The van der Waals surface area contributed by atoms with Gasteiger partial charge in [0.05, 0.1) is 41.0 Å². The molecule has 6 heterocycles. The average molecular weight is 489 g/mol. The number of thiophene rings is 1. The van der Waals surface area contributed by atoms with Crippen LogP contribution in [0.4, 0.5) is 0 Å². The predicted octanol–water partition coefficient (Wildman–Crippen LogP) is 4.40. The van der Waals surface area contributed by atoms with Gasteiger partial charge in [-0.25, -0.2) is 8.42 Å². The number of hydrogen-bond acceptors (Lipinski definition) is 8. The van der Waals surface area contributed by atoms with Gasteiger partial charge in [-0.1, -0.05) is 0 Å². The number of pyridine rings is 3. The van der Waals surface area contributed by atoms with Crippen molar-refractivity contribution in [2.75, 3.05) is 6.26 Å². The molecule has 6 rings (SSSR count). The molecule has 3 N–H and O–H groups in total. The molecule has 34 heavy (non-hydrogen) atoms. The minimum Gasteiger partial charge on any atom is -0.506 e. The Hall–Kier alpha value is -4.09. The summed E-state index contributed by atoms with van der Waals surface area (Å²) in [5, 5.41) is 19.0. The predicted molar refractivity (Wildman–Crippen MR) is 130 cm³/mol. The first-order valence-electron chi connectivity index (χ1n) is 10.1. The number of H-pyrrole nitrogens is 2. The van der Waals surface area contributed by atoms with E-state index in [0.717, 1.165) is 37.9 Å². The van der Waals surface area contributed by atoms with E-state index in [0.29, 0.717) is 21.2 Å². The molecule has 6 aromatic rings. The summed E-state index contributed by atoms with van der Waals surface area (Å²) in [5.74, 6) is 0.0649. The van der Waals surface area contributed by atoms with Crippen molar-refractivity contribution in [2.45, 2.75) is 4.21 Å². The lowest BCUT2D eigenvalue weighted by molar-refractivity contribution is 0.473. The molecule has 0 aliphatic rings. The third kappa shape index (κ3) is 3.42. The number of aromatic amines is 2. The maximum atomic E-state index is 11.9. The van der Waals surface area contributed by atoms with Gasteiger partial charge < -0.3 is 10.1 Å². The molecule has 0 aliphatic heterocycles. The maximum Gasteiger partial charge on any atom is 0.184 e. The smallest absolute Gasteiger partial charge is 0.184 e. The van der Waals surface area contributed by atoms with Crippen LogP contribution < -0.4 is 0 Å². The van der Waals surface area contributed by atoms with Crippen LogP contribution in [-0.2, 0) is 9.84 Å². The van der Waals surface area contributed by atoms with Crippen LogP contribution in [-0.4, -0.2) is 49.9 Å². The van der Waals surface area contributed by atoms with Crippen molar-refractivity contribution < 1.29 is 13.5 Å². The number of nitrogens with one attached hydrogen (secondary N) is 2. The molecule has 0 radical (unpaired) electrons. The number of sulfone groups is 1. The highest BCUT2D eigenvalue weighted by Crippen LogP contribution is 2.37. The Morgan fingerprint density at radius 1 is 0.941 bits per heavy atom. The first kappa shape index (κ1) is 20.5. The number of fused-ring (bicyclic) bond motifs is 2. The molecular formula is C23H16N6O3S2. The molecule has 0 amide bonds. The minimum atomic E-state index is -3.28. The Kier molecular flexibility index (Phi) is 4.51. The molecule has 0 bridgehead atoms. The summed E-state index contributed by atoms with van der Waals surface area (Å²) >= 11 is 1.22. The van der Waals surface area contributed by atoms with Gasteiger partial charge in [-0.3, -0.25) is 20.1 Å². The summed E-state index contributed by atoms with van der Waals surface area (Å²) < 4.78 is 24.2. The molecule has 0 aromatic carbocycles. The van der Waals surface area contributed by atoms with Crippen LogP contribution in [0.1, 0.15) is 0 Å². The fourth-order valence-electron chi connectivity index (χ4n) is 3.89. The van der Waals surface area contributed by atoms with Gasteiger partial charge in [0, 0.05) is 45.4 Å². The van der Waals surface area contributed by atoms with E-state index in [1.165, 1.54) is 23.8 Å². The molecule has 6 aromatic heterocycles. The maximum absolute atomic E-state index is 11.9. The van der Waals surface area contributed by atoms with Gasteiger partial charge in [0.1, 0.15) is 15.7 Å². The Labute approximate surface area is 197 Å². The van der Waals surface area contributed by atoms with Crippen LogP contribution in [0.2, 0.25) is 0 Å². The largest absolute Gasteiger partial charge is 0.506 e. The second kappa shape index (κ2) is 7.47. The van der Waals surface area contributed by atoms with E-state index < -0.39 is 9.84 Å². The minimum absolute atomic E-state index is 0.0649. The second-order valence-corrected chi connectivity index (χ2v) is 11.2. The molecule has 0 unspecified atom stereocenters. The van der Waals surface area contributed by atoms with Crippen LogP contribution in [0, 0.1) is 0 Å². The summed E-state index contributed by atoms with van der Waals surface area (Å²) in [6, 6.07) is 8.90. The van der Waals surface area contributed by atoms with Gasteiger partial charge in [-0.05, 0) is 30.3 Å². The molecule has 0 aliphatic carbocycles. The topological polar surface area (TPSA) is 138 Å². The zero-order valence-electron chi connectivity index (χ0n) is 17.6. The Balaban J connectivity index is 1.48. The second-order valence-electron chi connectivity index (χ2n) is 7.84. The molecule has 0 fully saturated rings. The lowest BCUT2D eigenvalue weighted by atomic mass is 10.1. The van der Waals surface area contributed by atoms with E-state index in [2.05, 4.69) is 30.1 Å². The zero-order chi connectivity index (χ0) is 23.4. The average Bonchev–Trinajstić information content (AvgIpc) is 3.55. The SMILES string of the molecule is CS(=O)(=O)c1ccc(-c2cncc3[nH]c(-c4n[nH]c5cnc(-c6cncc(O)c6)cc45)cc23)s1. The van der Waals surface area contributed by atoms with E-state index in [1.807, 2.05) is 12.1 Å². The molecular weight excluding hydrogens is 472 g/mol. The summed E-state index contributed by atoms with van der Waals surface area (Å²) in [5.41, 5.74) is 5.25. The zero-order valence-corrected chi connectivity index (χ0v) is 19.3. The quantitative estimate of drug-likeness (QED) is 0.334. The first-order chi connectivity index (χ1) is 16.4. The van der Waals surface area contributed by atoms with Crippen LogP contribution >= 0.6 is 11.3 Å². The van der Waals surface area contributed by atoms with Crippen molar-refractivity contribution in [1.29, 1.82) is 0 Å². The third-order valence-corrected chi connectivity index (χ3v) is 8.42. The van der Waals surface area contributed by atoms with Crippen LogP contribution in [0.3, 0.4) is 0 Å². The number of aromatic nitrogens is 6. The summed E-state index contributed by atoms with van der Waals surface area (Å²) in [6.45, 7) is 0. The highest BCUT2D eigenvalue weighted by Gasteiger charge is 2.17. The first-order valence-corrected chi connectivity index (χ1v) is 12.8. The van der Waals surface area contributed by atoms with Crippen molar-refractivity contribution in [3.8, 4) is 38.8 Å². The lowest BCUT2D eigenvalue weighted by Crippen LogP contribution is -1.91. The van der Waals surface area contributed by atoms with E-state index in [1.54, 1.807) is 43.0 Å². The van der Waals surface area contributed by atoms with Gasteiger partial charge in [-0.15, -0.1) is 11.3 Å². The van der Waals surface area contributed by atoms with E-state index >= 15 is 0 Å². The van der Waals surface area contributed by atoms with Crippen LogP contribution in [0.5, 0.6) is 5.75 Å². The number of aromatic hydroxyl groups is 1. The molecule has 168 valence electrons. The van der Waals surface area contributed by atoms with Crippen molar-refractivity contribution in [3.63, 3.8) is 0 Å². The van der Waals surface area contributed by atoms with Crippen LogP contribution in [0.25, 0.3) is 54.9 Å². The monoisotopic (exact) mass is 488 g/mol. The highest BCUT2D eigenvalue weighted by molar-refractivity contribution is 7.92. The van der Waals surface area contributed by atoms with Crippen molar-refractivity contribution in [2.24, 2.45) is 0 Å². The Morgan fingerprint density at radius 2 is 1.79 bits per heavy atom. The van der Waals surface area contributed by atoms with E-state index in [4.69, 9.17) is 0 Å². The number of hydrogen-bond donors (Lipinski definition) is 3. The highest BCUT2D eigenvalue weighted by atomic mass is 32.2. The van der Waals surface area contributed by atoms with Gasteiger partial charge in [0.15, 0.2) is 9.84 Å². The molecule has 0 saturated carbocycles. The fraction of sp³-hybridized carbons (Fsp3) is 0.0435. The summed E-state index contributed by atoms with van der Waals surface area (Å²) in [6.07, 6.45) is 9.37. The number of rotatable bonds is 4. The summed E-state index contributed by atoms with van der Waals surface area (Å²) in [4.78, 5) is 17.0. The molecule has 0 saturated heterocycles. The molecule has 0 atom stereocenters. The lowest BCUT2D eigenvalue weighted by Gasteiger charge is -2.01. The van der Waals surface area contributed by atoms with Gasteiger partial charge in [-0.2, -0.15) is 5.10 Å². The van der Waals surface area contributed by atoms with Gasteiger partial charge in [0.25, 0.3) is 0 Å². The molecule has 11 heteroatoms. The van der Waals surface area contributed by atoms with Gasteiger partial charge >= 0.3 is 0 Å². The summed E-state index contributed by atoms with van der Waals surface area (Å²) in [7, 11) is -3.28. The van der Waals surface area contributed by atoms with E-state index in [9.17, 15) is 13.5 Å². The standard InChI is InChI=1S/C23H16N6O3S2/c1-34(31,32)22-3-2-21(33-22)16-9-25-10-19-14(16)5-18(27-19)23-15-6-17(26-11-20(15)28-29-23)12-4-13(30)8-24-7-12/h2-11,27,30H,1H3,(H,28,29). The van der Waals surface area contributed by atoms with Crippen molar-refractivity contribution in [3.05, 3.63) is 61.3 Å². The third-order valence-electron chi connectivity index (χ3n) is 5.48. The molecule has 0 spiro atoms. The van der Waals surface area contributed by atoms with Crippen LogP contribution in [0.15, 0.2) is 65.5 Å². The Bertz CT molecular complexity index is 1820. The number of nitrogens with zero attached hydrogens (tertiary/aromatic N) is 4.